The van der Waals surface area contributed by atoms with Gasteiger partial charge in [-0.25, -0.2) is 0 Å². The van der Waals surface area contributed by atoms with Crippen molar-refractivity contribution in [3.8, 4) is 0 Å². The number of nitrogens with zero attached hydrogens (tertiary/aromatic N) is 1. The highest BCUT2D eigenvalue weighted by molar-refractivity contribution is 5.96. The summed E-state index contributed by atoms with van der Waals surface area (Å²) in [6.45, 7) is 2.91. The van der Waals surface area contributed by atoms with E-state index in [1.165, 1.54) is 25.5 Å². The second kappa shape index (κ2) is 4.15. The van der Waals surface area contributed by atoms with Gasteiger partial charge < -0.3 is 11.1 Å². The number of nitrogen functional groups attached to an aromatic ring is 1. The zero-order valence-electron chi connectivity index (χ0n) is 9.55. The Hall–Kier alpha value is -1.52. The molecule has 5 nitrogen and oxygen atoms in total. The Bertz CT molecular complexity index is 376. The monoisotopic (exact) mass is 222 g/mol. The molecule has 0 aliphatic heterocycles. The molecular weight excluding hydrogens is 204 g/mol. The SMILES string of the molecule is CCC1(CNC(=O)c2[nH]ncc2N)CCC1. The van der Waals surface area contributed by atoms with Gasteiger partial charge in [0, 0.05) is 6.54 Å². The Morgan fingerprint density at radius 1 is 1.69 bits per heavy atom. The molecule has 4 N–H and O–H groups in total. The Labute approximate surface area is 94.8 Å². The number of H-pyrrole nitrogens is 1. The van der Waals surface area contributed by atoms with Gasteiger partial charge in [-0.05, 0) is 24.7 Å². The average Bonchev–Trinajstić information content (AvgIpc) is 2.63. The molecule has 0 atom stereocenters. The standard InChI is InChI=1S/C11H18N4O/c1-2-11(4-3-5-11)7-13-10(16)9-8(12)6-14-15-9/h6H,2-5,7,12H2,1H3,(H,13,16)(H,14,15). The molecule has 1 aliphatic rings. The number of carbonyl (C=O) groups excluding carboxylic acids is 1. The minimum atomic E-state index is -0.158. The molecule has 88 valence electrons. The molecule has 1 heterocycles. The molecule has 1 saturated carbocycles. The van der Waals surface area contributed by atoms with Gasteiger partial charge in [0.15, 0.2) is 0 Å². The minimum absolute atomic E-state index is 0.158. The molecule has 1 aliphatic carbocycles. The van der Waals surface area contributed by atoms with Crippen molar-refractivity contribution < 1.29 is 4.79 Å². The lowest BCUT2D eigenvalue weighted by atomic mass is 9.67. The lowest BCUT2D eigenvalue weighted by molar-refractivity contribution is 0.0846. The molecule has 2 rings (SSSR count). The predicted octanol–water partition coefficient (Wildman–Crippen LogP) is 1.30. The molecule has 0 unspecified atom stereocenters. The fourth-order valence-corrected chi connectivity index (χ4v) is 2.17. The van der Waals surface area contributed by atoms with E-state index < -0.39 is 0 Å². The summed E-state index contributed by atoms with van der Waals surface area (Å²) in [6, 6.07) is 0. The van der Waals surface area contributed by atoms with Crippen molar-refractivity contribution in [2.24, 2.45) is 5.41 Å². The molecular formula is C11H18N4O. The van der Waals surface area contributed by atoms with Crippen molar-refractivity contribution in [1.29, 1.82) is 0 Å². The van der Waals surface area contributed by atoms with Gasteiger partial charge in [0.05, 0.1) is 11.9 Å². The number of hydrogen-bond donors (Lipinski definition) is 3. The first-order valence-corrected chi connectivity index (χ1v) is 5.74. The quantitative estimate of drug-likeness (QED) is 0.718. The molecule has 5 heteroatoms. The molecule has 0 spiro atoms. The maximum Gasteiger partial charge on any atom is 0.271 e. The third kappa shape index (κ3) is 1.89. The Morgan fingerprint density at radius 2 is 2.44 bits per heavy atom. The highest BCUT2D eigenvalue weighted by Gasteiger charge is 2.35. The van der Waals surface area contributed by atoms with Gasteiger partial charge in [0.1, 0.15) is 5.69 Å². The van der Waals surface area contributed by atoms with E-state index in [1.807, 2.05) is 0 Å². The predicted molar refractivity (Wildman–Crippen MR) is 61.9 cm³/mol. The van der Waals surface area contributed by atoms with Crippen LogP contribution in [0.2, 0.25) is 0 Å². The van der Waals surface area contributed by atoms with Crippen LogP contribution >= 0.6 is 0 Å². The van der Waals surface area contributed by atoms with Gasteiger partial charge in [-0.15, -0.1) is 0 Å². The fraction of sp³-hybridized carbons (Fsp3) is 0.636. The first kappa shape index (κ1) is 11.0. The van der Waals surface area contributed by atoms with Crippen LogP contribution in [0.1, 0.15) is 43.1 Å². The smallest absolute Gasteiger partial charge is 0.271 e. The van der Waals surface area contributed by atoms with Gasteiger partial charge in [-0.3, -0.25) is 9.89 Å². The van der Waals surface area contributed by atoms with Crippen LogP contribution in [0.15, 0.2) is 6.20 Å². The number of nitrogens with one attached hydrogen (secondary N) is 2. The highest BCUT2D eigenvalue weighted by atomic mass is 16.1. The summed E-state index contributed by atoms with van der Waals surface area (Å²) < 4.78 is 0. The van der Waals surface area contributed by atoms with Crippen LogP contribution in [0, 0.1) is 5.41 Å². The van der Waals surface area contributed by atoms with E-state index in [0.717, 1.165) is 13.0 Å². The molecule has 1 aromatic heterocycles. The van der Waals surface area contributed by atoms with Crippen LogP contribution in [0.5, 0.6) is 0 Å². The average molecular weight is 222 g/mol. The lowest BCUT2D eigenvalue weighted by Gasteiger charge is -2.41. The topological polar surface area (TPSA) is 83.8 Å². The largest absolute Gasteiger partial charge is 0.396 e. The van der Waals surface area contributed by atoms with E-state index in [9.17, 15) is 4.79 Å². The van der Waals surface area contributed by atoms with Gasteiger partial charge in [0.25, 0.3) is 5.91 Å². The van der Waals surface area contributed by atoms with E-state index in [1.54, 1.807) is 0 Å². The van der Waals surface area contributed by atoms with Crippen molar-refractivity contribution in [2.75, 3.05) is 12.3 Å². The van der Waals surface area contributed by atoms with Crippen LogP contribution in [-0.2, 0) is 0 Å². The number of aromatic nitrogens is 2. The minimum Gasteiger partial charge on any atom is -0.396 e. The number of hydrogen-bond acceptors (Lipinski definition) is 3. The van der Waals surface area contributed by atoms with E-state index in [4.69, 9.17) is 5.73 Å². The zero-order chi connectivity index (χ0) is 11.6. The van der Waals surface area contributed by atoms with E-state index in [0.29, 0.717) is 16.8 Å². The third-order valence-corrected chi connectivity index (χ3v) is 3.68. The third-order valence-electron chi connectivity index (χ3n) is 3.68. The summed E-state index contributed by atoms with van der Waals surface area (Å²) in [5.74, 6) is -0.158. The summed E-state index contributed by atoms with van der Waals surface area (Å²) in [5, 5.41) is 9.27. The number of amides is 1. The van der Waals surface area contributed by atoms with Crippen molar-refractivity contribution >= 4 is 11.6 Å². The zero-order valence-corrected chi connectivity index (χ0v) is 9.55. The molecule has 1 fully saturated rings. The van der Waals surface area contributed by atoms with Crippen LogP contribution < -0.4 is 11.1 Å². The normalized spacial score (nSPS) is 17.8. The van der Waals surface area contributed by atoms with E-state index in [2.05, 4.69) is 22.4 Å². The second-order valence-corrected chi connectivity index (χ2v) is 4.59. The van der Waals surface area contributed by atoms with E-state index in [-0.39, 0.29) is 5.91 Å². The number of aromatic amines is 1. The molecule has 1 amide bonds. The van der Waals surface area contributed by atoms with Crippen LogP contribution in [0.25, 0.3) is 0 Å². The summed E-state index contributed by atoms with van der Waals surface area (Å²) in [6.07, 6.45) is 6.26. The van der Waals surface area contributed by atoms with Crippen molar-refractivity contribution in [3.05, 3.63) is 11.9 Å². The fourth-order valence-electron chi connectivity index (χ4n) is 2.17. The molecule has 0 saturated heterocycles. The summed E-state index contributed by atoms with van der Waals surface area (Å²) in [4.78, 5) is 11.8. The summed E-state index contributed by atoms with van der Waals surface area (Å²) >= 11 is 0. The first-order chi connectivity index (χ1) is 7.67. The summed E-state index contributed by atoms with van der Waals surface area (Å²) in [7, 11) is 0. The second-order valence-electron chi connectivity index (χ2n) is 4.59. The van der Waals surface area contributed by atoms with Gasteiger partial charge in [0.2, 0.25) is 0 Å². The van der Waals surface area contributed by atoms with Crippen LogP contribution in [-0.4, -0.2) is 22.6 Å². The van der Waals surface area contributed by atoms with E-state index >= 15 is 0 Å². The summed E-state index contributed by atoms with van der Waals surface area (Å²) in [5.41, 5.74) is 6.70. The Morgan fingerprint density at radius 3 is 2.88 bits per heavy atom. The van der Waals surface area contributed by atoms with Crippen molar-refractivity contribution in [2.45, 2.75) is 32.6 Å². The maximum atomic E-state index is 11.8. The number of nitrogens with two attached hydrogens (primary N) is 1. The van der Waals surface area contributed by atoms with Crippen LogP contribution in [0.4, 0.5) is 5.69 Å². The maximum absolute atomic E-state index is 11.8. The molecule has 16 heavy (non-hydrogen) atoms. The van der Waals surface area contributed by atoms with Gasteiger partial charge in [-0.2, -0.15) is 5.10 Å². The molecule has 0 radical (unpaired) electrons. The van der Waals surface area contributed by atoms with Gasteiger partial charge in [-0.1, -0.05) is 13.3 Å². The van der Waals surface area contributed by atoms with Crippen molar-refractivity contribution in [1.82, 2.24) is 15.5 Å². The molecule has 1 aromatic rings. The van der Waals surface area contributed by atoms with Crippen molar-refractivity contribution in [3.63, 3.8) is 0 Å². The molecule has 0 bridgehead atoms. The number of anilines is 1. The Kier molecular flexibility index (Phi) is 2.85. The Balaban J connectivity index is 1.91. The van der Waals surface area contributed by atoms with Gasteiger partial charge >= 0.3 is 0 Å². The number of rotatable bonds is 4. The van der Waals surface area contributed by atoms with Crippen LogP contribution in [0.3, 0.4) is 0 Å². The lowest BCUT2D eigenvalue weighted by Crippen LogP contribution is -2.41. The first-order valence-electron chi connectivity index (χ1n) is 5.74. The number of carbonyl (C=O) groups is 1. The molecule has 0 aromatic carbocycles. The highest BCUT2D eigenvalue weighted by Crippen LogP contribution is 2.43.